The molecule has 42 heavy (non-hydrogen) atoms. The highest BCUT2D eigenvalue weighted by atomic mass is 32.1. The number of nitrogens with zero attached hydrogens (tertiary/aromatic N) is 4. The number of piperidine rings is 1. The molecule has 0 bridgehead atoms. The predicted octanol–water partition coefficient (Wildman–Crippen LogP) is 5.04. The van der Waals surface area contributed by atoms with Crippen LogP contribution < -0.4 is 15.2 Å². The van der Waals surface area contributed by atoms with E-state index >= 15 is 0 Å². The van der Waals surface area contributed by atoms with Crippen molar-refractivity contribution in [3.63, 3.8) is 0 Å². The van der Waals surface area contributed by atoms with Crippen LogP contribution in [0.15, 0.2) is 64.8 Å². The molecule has 222 valence electrons. The molecule has 0 saturated carbocycles. The van der Waals surface area contributed by atoms with Crippen LogP contribution in [0.3, 0.4) is 0 Å². The molecule has 0 amide bonds. The Kier molecular flexibility index (Phi) is 9.07. The molecule has 0 spiro atoms. The van der Waals surface area contributed by atoms with Gasteiger partial charge >= 0.3 is 5.97 Å². The summed E-state index contributed by atoms with van der Waals surface area (Å²) in [7, 11) is 2.06. The van der Waals surface area contributed by atoms with Gasteiger partial charge < -0.3 is 19.3 Å². The molecule has 2 aromatic carbocycles. The number of anilines is 1. The standard InChI is InChI=1S/C33H40N4O4S/c1-34-15-11-26(12-16-34)33(39)41-24-37-30-23-27(9-7-25(30)8-10-32(37)38)40-21-3-2-14-35-17-19-36(20-18-35)29-5-4-6-31-28(29)13-22-42-31/h4-10,13,22-23,26H,2-3,11-12,14-21,24H2,1H3. The molecule has 0 unspecified atom stereocenters. The number of esters is 1. The summed E-state index contributed by atoms with van der Waals surface area (Å²) in [4.78, 5) is 32.6. The molecule has 4 aromatic rings. The number of rotatable bonds is 10. The van der Waals surface area contributed by atoms with E-state index in [0.29, 0.717) is 12.1 Å². The molecule has 0 N–H and O–H groups in total. The summed E-state index contributed by atoms with van der Waals surface area (Å²) < 4.78 is 14.6. The van der Waals surface area contributed by atoms with Gasteiger partial charge in [0.05, 0.1) is 18.0 Å². The second-order valence-corrected chi connectivity index (χ2v) is 12.4. The first-order chi connectivity index (χ1) is 20.5. The quantitative estimate of drug-likeness (QED) is 0.190. The van der Waals surface area contributed by atoms with Crippen molar-refractivity contribution in [2.45, 2.75) is 32.4 Å². The van der Waals surface area contributed by atoms with Crippen molar-refractivity contribution in [3.05, 3.63) is 70.3 Å². The Labute approximate surface area is 251 Å². The number of pyridine rings is 1. The fraction of sp³-hybridized carbons (Fsp3) is 0.455. The summed E-state index contributed by atoms with van der Waals surface area (Å²) in [5.41, 5.74) is 1.88. The third kappa shape index (κ3) is 6.64. The number of benzene rings is 2. The van der Waals surface area contributed by atoms with E-state index in [0.717, 1.165) is 82.6 Å². The smallest absolute Gasteiger partial charge is 0.310 e. The maximum absolute atomic E-state index is 12.7. The molecule has 0 radical (unpaired) electrons. The molecule has 2 aliphatic heterocycles. The average Bonchev–Trinajstić information content (AvgIpc) is 3.50. The van der Waals surface area contributed by atoms with E-state index in [1.807, 2.05) is 18.2 Å². The fourth-order valence-electron chi connectivity index (χ4n) is 6.07. The largest absolute Gasteiger partial charge is 0.494 e. The predicted molar refractivity (Wildman–Crippen MR) is 170 cm³/mol. The minimum absolute atomic E-state index is 0.0829. The Bertz CT molecular complexity index is 1570. The lowest BCUT2D eigenvalue weighted by Gasteiger charge is -2.36. The number of aromatic nitrogens is 1. The molecule has 2 aromatic heterocycles. The number of likely N-dealkylation sites (tertiary alicyclic amines) is 1. The number of hydrogen-bond acceptors (Lipinski definition) is 8. The van der Waals surface area contributed by atoms with E-state index in [-0.39, 0.29) is 24.2 Å². The second-order valence-electron chi connectivity index (χ2n) is 11.5. The monoisotopic (exact) mass is 588 g/mol. The van der Waals surface area contributed by atoms with Crippen LogP contribution in [0.4, 0.5) is 5.69 Å². The van der Waals surface area contributed by atoms with Crippen molar-refractivity contribution in [2.75, 3.05) is 64.4 Å². The van der Waals surface area contributed by atoms with Gasteiger partial charge in [0, 0.05) is 54.1 Å². The zero-order valence-corrected chi connectivity index (χ0v) is 25.2. The van der Waals surface area contributed by atoms with Gasteiger partial charge in [-0.25, -0.2) is 0 Å². The Morgan fingerprint density at radius 3 is 2.60 bits per heavy atom. The Morgan fingerprint density at radius 2 is 1.76 bits per heavy atom. The van der Waals surface area contributed by atoms with Crippen molar-refractivity contribution in [2.24, 2.45) is 5.92 Å². The second kappa shape index (κ2) is 13.3. The van der Waals surface area contributed by atoms with Crippen LogP contribution in [-0.2, 0) is 16.3 Å². The number of unbranched alkanes of at least 4 members (excludes halogenated alkanes) is 1. The first-order valence-electron chi connectivity index (χ1n) is 15.1. The van der Waals surface area contributed by atoms with Crippen LogP contribution in [0.5, 0.6) is 5.75 Å². The molecule has 2 fully saturated rings. The first kappa shape index (κ1) is 28.7. The van der Waals surface area contributed by atoms with Gasteiger partial charge in [0.2, 0.25) is 0 Å². The lowest BCUT2D eigenvalue weighted by Crippen LogP contribution is -2.46. The number of thiophene rings is 1. The zero-order chi connectivity index (χ0) is 28.9. The molecule has 0 atom stereocenters. The lowest BCUT2D eigenvalue weighted by atomic mass is 9.97. The van der Waals surface area contributed by atoms with Crippen LogP contribution in [0, 0.1) is 5.92 Å². The van der Waals surface area contributed by atoms with E-state index in [9.17, 15) is 9.59 Å². The van der Waals surface area contributed by atoms with E-state index in [1.54, 1.807) is 17.4 Å². The summed E-state index contributed by atoms with van der Waals surface area (Å²) in [5, 5.41) is 4.46. The molecule has 2 saturated heterocycles. The topological polar surface area (TPSA) is 67.2 Å². The van der Waals surface area contributed by atoms with Gasteiger partial charge in [-0.15, -0.1) is 11.3 Å². The first-order valence-corrected chi connectivity index (χ1v) is 16.0. The van der Waals surface area contributed by atoms with Crippen LogP contribution in [-0.4, -0.2) is 79.8 Å². The number of ether oxygens (including phenoxy) is 2. The van der Waals surface area contributed by atoms with Gasteiger partial charge in [0.15, 0.2) is 6.73 Å². The van der Waals surface area contributed by atoms with Gasteiger partial charge in [-0.3, -0.25) is 19.1 Å². The summed E-state index contributed by atoms with van der Waals surface area (Å²) in [6.07, 6.45) is 3.62. The van der Waals surface area contributed by atoms with Gasteiger partial charge in [-0.05, 0) is 99.5 Å². The van der Waals surface area contributed by atoms with Crippen molar-refractivity contribution < 1.29 is 14.3 Å². The molecule has 9 heteroatoms. The van der Waals surface area contributed by atoms with Crippen LogP contribution in [0.2, 0.25) is 0 Å². The minimum atomic E-state index is -0.222. The molecule has 6 rings (SSSR count). The van der Waals surface area contributed by atoms with Crippen LogP contribution >= 0.6 is 11.3 Å². The Morgan fingerprint density at radius 1 is 0.952 bits per heavy atom. The van der Waals surface area contributed by atoms with E-state index in [4.69, 9.17) is 9.47 Å². The summed E-state index contributed by atoms with van der Waals surface area (Å²) in [6, 6.07) is 18.0. The maximum atomic E-state index is 12.7. The zero-order valence-electron chi connectivity index (χ0n) is 24.4. The summed E-state index contributed by atoms with van der Waals surface area (Å²) in [6.45, 7) is 7.64. The number of carbonyl (C=O) groups excluding carboxylic acids is 1. The van der Waals surface area contributed by atoms with Gasteiger partial charge in [0.1, 0.15) is 5.75 Å². The van der Waals surface area contributed by atoms with E-state index in [2.05, 4.69) is 51.4 Å². The fourth-order valence-corrected chi connectivity index (χ4v) is 6.88. The number of fused-ring (bicyclic) bond motifs is 2. The summed E-state index contributed by atoms with van der Waals surface area (Å²) >= 11 is 1.81. The average molecular weight is 589 g/mol. The molecule has 4 heterocycles. The third-order valence-electron chi connectivity index (χ3n) is 8.68. The molecule has 8 nitrogen and oxygen atoms in total. The minimum Gasteiger partial charge on any atom is -0.494 e. The maximum Gasteiger partial charge on any atom is 0.310 e. The van der Waals surface area contributed by atoms with Gasteiger partial charge in [0.25, 0.3) is 5.56 Å². The van der Waals surface area contributed by atoms with E-state index < -0.39 is 0 Å². The highest BCUT2D eigenvalue weighted by Crippen LogP contribution is 2.31. The third-order valence-corrected chi connectivity index (χ3v) is 9.56. The van der Waals surface area contributed by atoms with Gasteiger partial charge in [-0.1, -0.05) is 6.07 Å². The van der Waals surface area contributed by atoms with Crippen LogP contribution in [0.1, 0.15) is 25.7 Å². The van der Waals surface area contributed by atoms with E-state index in [1.165, 1.54) is 26.4 Å². The molecule has 2 aliphatic rings. The van der Waals surface area contributed by atoms with Gasteiger partial charge in [-0.2, -0.15) is 0 Å². The molecular weight excluding hydrogens is 548 g/mol. The highest BCUT2D eigenvalue weighted by molar-refractivity contribution is 7.17. The normalized spacial score (nSPS) is 17.2. The highest BCUT2D eigenvalue weighted by Gasteiger charge is 2.25. The number of piperazine rings is 1. The SMILES string of the molecule is CN1CCC(C(=O)OCn2c(=O)ccc3ccc(OCCCCN4CCN(c5cccc6sccc56)CC4)cc32)CC1. The van der Waals surface area contributed by atoms with Crippen molar-refractivity contribution >= 4 is 44.0 Å². The lowest BCUT2D eigenvalue weighted by molar-refractivity contribution is -0.154. The Hall–Kier alpha value is -3.40. The molecule has 0 aliphatic carbocycles. The van der Waals surface area contributed by atoms with Crippen molar-refractivity contribution in [3.8, 4) is 5.75 Å². The Balaban J connectivity index is 0.966. The van der Waals surface area contributed by atoms with Crippen molar-refractivity contribution in [1.82, 2.24) is 14.4 Å². The number of hydrogen-bond donors (Lipinski definition) is 0. The molecular formula is C33H40N4O4S. The summed E-state index contributed by atoms with van der Waals surface area (Å²) in [5.74, 6) is 0.399. The number of carbonyl (C=O) groups is 1. The van der Waals surface area contributed by atoms with Crippen molar-refractivity contribution in [1.29, 1.82) is 0 Å². The van der Waals surface area contributed by atoms with Crippen LogP contribution in [0.25, 0.3) is 21.0 Å².